The number of nitrogens with zero attached hydrogens (tertiary/aromatic N) is 4. The molecule has 1 aliphatic rings. The predicted octanol–water partition coefficient (Wildman–Crippen LogP) is 2.54. The Kier molecular flexibility index (Phi) is 4.28. The number of aryl methyl sites for hydroxylation is 1. The van der Waals surface area contributed by atoms with Gasteiger partial charge in [0.25, 0.3) is 11.8 Å². The maximum Gasteiger partial charge on any atom is 0.278 e. The molecule has 0 fully saturated rings. The highest BCUT2D eigenvalue weighted by Gasteiger charge is 2.18. The molecule has 0 unspecified atom stereocenters. The number of anilines is 2. The van der Waals surface area contributed by atoms with Gasteiger partial charge in [-0.1, -0.05) is 18.2 Å². The van der Waals surface area contributed by atoms with E-state index in [0.717, 1.165) is 24.1 Å². The summed E-state index contributed by atoms with van der Waals surface area (Å²) in [5.41, 5.74) is 3.34. The Hall–Kier alpha value is -4.34. The van der Waals surface area contributed by atoms with Crippen LogP contribution in [0.25, 0.3) is 17.1 Å². The number of carbonyl (C=O) groups is 2. The van der Waals surface area contributed by atoms with Crippen LogP contribution < -0.4 is 10.6 Å². The van der Waals surface area contributed by atoms with Crippen molar-refractivity contribution in [1.82, 2.24) is 30.1 Å². The molecule has 3 aromatic heterocycles. The summed E-state index contributed by atoms with van der Waals surface area (Å²) < 4.78 is 0. The van der Waals surface area contributed by atoms with E-state index in [2.05, 4.69) is 40.8 Å². The van der Waals surface area contributed by atoms with E-state index in [4.69, 9.17) is 0 Å². The Bertz CT molecular complexity index is 1290. The van der Waals surface area contributed by atoms with Gasteiger partial charge in [0.05, 0.1) is 16.8 Å². The van der Waals surface area contributed by atoms with Crippen LogP contribution in [0.15, 0.2) is 42.7 Å². The lowest BCUT2D eigenvalue weighted by molar-refractivity contribution is 0.101. The number of H-pyrrole nitrogens is 2. The topological polar surface area (TPSA) is 141 Å². The van der Waals surface area contributed by atoms with Crippen molar-refractivity contribution >= 4 is 40.8 Å². The Morgan fingerprint density at radius 3 is 2.83 bits per heavy atom. The molecule has 0 saturated carbocycles. The first kappa shape index (κ1) is 17.7. The molecule has 4 aromatic rings. The van der Waals surface area contributed by atoms with Gasteiger partial charge >= 0.3 is 0 Å². The van der Waals surface area contributed by atoms with Crippen LogP contribution >= 0.6 is 0 Å². The third-order valence-electron chi connectivity index (χ3n) is 4.70. The van der Waals surface area contributed by atoms with Crippen molar-refractivity contribution in [3.63, 3.8) is 0 Å². The fourth-order valence-corrected chi connectivity index (χ4v) is 3.27. The van der Waals surface area contributed by atoms with Gasteiger partial charge in [-0.15, -0.1) is 5.10 Å². The highest BCUT2D eigenvalue weighted by molar-refractivity contribution is 6.11. The summed E-state index contributed by atoms with van der Waals surface area (Å²) >= 11 is 0. The zero-order valence-corrected chi connectivity index (χ0v) is 15.6. The molecule has 148 valence electrons. The second-order valence-electron chi connectivity index (χ2n) is 6.71. The third-order valence-corrected chi connectivity index (χ3v) is 4.70. The van der Waals surface area contributed by atoms with Gasteiger partial charge in [-0.2, -0.15) is 5.10 Å². The lowest BCUT2D eigenvalue weighted by atomic mass is 10.0. The van der Waals surface area contributed by atoms with E-state index < -0.39 is 5.91 Å². The largest absolute Gasteiger partial charge is 0.331 e. The average molecular weight is 400 g/mol. The molecule has 5 rings (SSSR count). The number of aromatic amines is 2. The van der Waals surface area contributed by atoms with Gasteiger partial charge in [-0.05, 0) is 36.6 Å². The molecule has 10 heteroatoms. The minimum Gasteiger partial charge on any atom is -0.331 e. The van der Waals surface area contributed by atoms with Gasteiger partial charge in [0.1, 0.15) is 5.52 Å². The standard InChI is InChI=1S/C20H16N8O2/c29-17(25-19-21-8-9-22-19)12-5-3-7-14-16(12)24-20(23-14)26-18(30)15-10-11-4-1-2-6-13(11)27-28-15/h1,3-5,7-10H,2,6H2,(H2,21,22,25,29)(H2,23,24,26,30). The first-order valence-corrected chi connectivity index (χ1v) is 9.31. The number of amides is 2. The molecule has 0 atom stereocenters. The van der Waals surface area contributed by atoms with Gasteiger partial charge in [-0.3, -0.25) is 20.2 Å². The Morgan fingerprint density at radius 1 is 1.07 bits per heavy atom. The average Bonchev–Trinajstić information content (AvgIpc) is 3.42. The Labute approximate surface area is 169 Å². The zero-order valence-electron chi connectivity index (χ0n) is 15.6. The molecule has 1 aromatic carbocycles. The second kappa shape index (κ2) is 7.24. The maximum absolute atomic E-state index is 12.6. The first-order chi connectivity index (χ1) is 14.7. The van der Waals surface area contributed by atoms with Crippen LogP contribution in [0.3, 0.4) is 0 Å². The molecule has 0 radical (unpaired) electrons. The highest BCUT2D eigenvalue weighted by Crippen LogP contribution is 2.21. The molecule has 3 heterocycles. The fourth-order valence-electron chi connectivity index (χ4n) is 3.27. The van der Waals surface area contributed by atoms with Gasteiger partial charge in [0.2, 0.25) is 11.9 Å². The van der Waals surface area contributed by atoms with Crippen LogP contribution in [0, 0.1) is 0 Å². The van der Waals surface area contributed by atoms with Gasteiger partial charge < -0.3 is 9.97 Å². The monoisotopic (exact) mass is 400 g/mol. The second-order valence-corrected chi connectivity index (χ2v) is 6.71. The number of benzene rings is 1. The fraction of sp³-hybridized carbons (Fsp3) is 0.100. The number of hydrogen-bond donors (Lipinski definition) is 4. The van der Waals surface area contributed by atoms with Crippen molar-refractivity contribution in [3.05, 3.63) is 65.2 Å². The minimum atomic E-state index is -0.440. The van der Waals surface area contributed by atoms with Crippen LogP contribution in [0.2, 0.25) is 0 Å². The molecule has 4 N–H and O–H groups in total. The van der Waals surface area contributed by atoms with Crippen LogP contribution in [-0.2, 0) is 6.42 Å². The summed E-state index contributed by atoms with van der Waals surface area (Å²) in [5.74, 6) is -0.262. The molecular formula is C20H16N8O2. The number of rotatable bonds is 4. The van der Waals surface area contributed by atoms with Crippen molar-refractivity contribution in [2.45, 2.75) is 12.8 Å². The number of allylic oxidation sites excluding steroid dienone is 1. The van der Waals surface area contributed by atoms with E-state index >= 15 is 0 Å². The van der Waals surface area contributed by atoms with E-state index in [1.54, 1.807) is 30.5 Å². The third kappa shape index (κ3) is 3.30. The number of imidazole rings is 2. The summed E-state index contributed by atoms with van der Waals surface area (Å²) in [4.78, 5) is 39.4. The molecule has 0 saturated heterocycles. The molecule has 0 spiro atoms. The number of hydrogen-bond acceptors (Lipinski definition) is 6. The summed E-state index contributed by atoms with van der Waals surface area (Å²) in [6, 6.07) is 6.85. The zero-order chi connectivity index (χ0) is 20.5. The van der Waals surface area contributed by atoms with Crippen LogP contribution in [0.1, 0.15) is 38.5 Å². The Morgan fingerprint density at radius 2 is 1.97 bits per heavy atom. The first-order valence-electron chi connectivity index (χ1n) is 9.31. The number of carbonyl (C=O) groups excluding carboxylic acids is 2. The lowest BCUT2D eigenvalue weighted by Crippen LogP contribution is -2.17. The van der Waals surface area contributed by atoms with E-state index in [1.165, 1.54) is 6.20 Å². The van der Waals surface area contributed by atoms with Crippen molar-refractivity contribution in [3.8, 4) is 0 Å². The molecule has 0 aliphatic heterocycles. The van der Waals surface area contributed by atoms with Crippen LogP contribution in [0.5, 0.6) is 0 Å². The van der Waals surface area contributed by atoms with Gasteiger partial charge in [-0.25, -0.2) is 9.97 Å². The van der Waals surface area contributed by atoms with E-state index in [1.807, 2.05) is 12.2 Å². The lowest BCUT2D eigenvalue weighted by Gasteiger charge is -2.09. The van der Waals surface area contributed by atoms with E-state index in [0.29, 0.717) is 22.5 Å². The maximum atomic E-state index is 12.6. The smallest absolute Gasteiger partial charge is 0.278 e. The van der Waals surface area contributed by atoms with Gasteiger partial charge in [0, 0.05) is 12.4 Å². The molecule has 10 nitrogen and oxygen atoms in total. The quantitative estimate of drug-likeness (QED) is 0.415. The molecule has 2 amide bonds. The minimum absolute atomic E-state index is 0.191. The van der Waals surface area contributed by atoms with Crippen molar-refractivity contribution in [2.24, 2.45) is 0 Å². The number of nitrogens with one attached hydrogen (secondary N) is 4. The number of fused-ring (bicyclic) bond motifs is 2. The van der Waals surface area contributed by atoms with E-state index in [-0.39, 0.29) is 17.5 Å². The summed E-state index contributed by atoms with van der Waals surface area (Å²) in [6.07, 6.45) is 8.86. The number of aromatic nitrogens is 6. The molecule has 30 heavy (non-hydrogen) atoms. The normalized spacial score (nSPS) is 12.5. The summed E-state index contributed by atoms with van der Waals surface area (Å²) in [5, 5.41) is 13.5. The summed E-state index contributed by atoms with van der Waals surface area (Å²) in [6.45, 7) is 0. The predicted molar refractivity (Wildman–Crippen MR) is 110 cm³/mol. The SMILES string of the molecule is O=C(Nc1nc2c(C(=O)Nc3ncc[nH]3)cccc2[nH]1)c1cc2c(nn1)CCC=C2. The Balaban J connectivity index is 1.40. The molecule has 0 bridgehead atoms. The highest BCUT2D eigenvalue weighted by atomic mass is 16.2. The molecule has 1 aliphatic carbocycles. The van der Waals surface area contributed by atoms with Crippen LogP contribution in [0.4, 0.5) is 11.9 Å². The summed E-state index contributed by atoms with van der Waals surface area (Å²) in [7, 11) is 0. The van der Waals surface area contributed by atoms with Gasteiger partial charge in [0.15, 0.2) is 5.69 Å². The molecular weight excluding hydrogens is 384 g/mol. The van der Waals surface area contributed by atoms with Crippen LogP contribution in [-0.4, -0.2) is 41.9 Å². The number of para-hydroxylation sites is 1. The van der Waals surface area contributed by atoms with Crippen molar-refractivity contribution < 1.29 is 9.59 Å². The van der Waals surface area contributed by atoms with E-state index in [9.17, 15) is 9.59 Å². The van der Waals surface area contributed by atoms with Crippen molar-refractivity contribution in [2.75, 3.05) is 10.6 Å². The van der Waals surface area contributed by atoms with Crippen molar-refractivity contribution in [1.29, 1.82) is 0 Å².